The Balaban J connectivity index is 0.000000853. The zero-order valence-corrected chi connectivity index (χ0v) is 10.1. The van der Waals surface area contributed by atoms with E-state index < -0.39 is 0 Å². The molecule has 0 fully saturated rings. The van der Waals surface area contributed by atoms with E-state index in [2.05, 4.69) is 60.7 Å². The van der Waals surface area contributed by atoms with Crippen LogP contribution in [-0.4, -0.2) is 18.0 Å². The molecule has 0 saturated heterocycles. The monoisotopic (exact) mass is 253 g/mol. The van der Waals surface area contributed by atoms with Crippen LogP contribution in [0, 0.1) is 0 Å². The number of fused-ring (bicyclic) bond motifs is 2. The molecule has 3 aromatic rings. The van der Waals surface area contributed by atoms with E-state index in [4.69, 9.17) is 0 Å². The van der Waals surface area contributed by atoms with Crippen molar-refractivity contribution in [3.63, 3.8) is 0 Å². The maximum atomic E-state index is 2.24. The van der Waals surface area contributed by atoms with Gasteiger partial charge in [-0.05, 0) is 33.7 Å². The standard InChI is InChI=1S/C14H10.As/c1-2-6-12-10-14-8-4-3-7-13(14)9-11(12)5-1;/h1-10H;. The third-order valence-corrected chi connectivity index (χ3v) is 2.61. The molecular weight excluding hydrogens is 243 g/mol. The van der Waals surface area contributed by atoms with Crippen LogP contribution in [0.1, 0.15) is 0 Å². The van der Waals surface area contributed by atoms with Crippen LogP contribution in [0.15, 0.2) is 60.7 Å². The second-order valence-electron chi connectivity index (χ2n) is 3.55. The number of rotatable bonds is 0. The Labute approximate surface area is 100 Å². The summed E-state index contributed by atoms with van der Waals surface area (Å²) in [5.41, 5.74) is 0. The Morgan fingerprint density at radius 1 is 0.467 bits per heavy atom. The molecule has 71 valence electrons. The van der Waals surface area contributed by atoms with Crippen LogP contribution in [0.25, 0.3) is 21.5 Å². The summed E-state index contributed by atoms with van der Waals surface area (Å²) in [6, 6.07) is 21.4. The SMILES string of the molecule is [As].c1ccc2cc3ccccc3cc2c1. The molecule has 0 saturated carbocycles. The molecule has 0 atom stereocenters. The van der Waals surface area contributed by atoms with Gasteiger partial charge in [0.15, 0.2) is 0 Å². The summed E-state index contributed by atoms with van der Waals surface area (Å²) in [4.78, 5) is 0. The summed E-state index contributed by atoms with van der Waals surface area (Å²) >= 11 is 0. The molecular formula is C14H10As. The van der Waals surface area contributed by atoms with Gasteiger partial charge in [-0.1, -0.05) is 48.5 Å². The fraction of sp³-hybridized carbons (Fsp3) is 0. The van der Waals surface area contributed by atoms with E-state index in [1.165, 1.54) is 21.5 Å². The van der Waals surface area contributed by atoms with Gasteiger partial charge in [0.25, 0.3) is 0 Å². The summed E-state index contributed by atoms with van der Waals surface area (Å²) < 4.78 is 0. The molecule has 0 nitrogen and oxygen atoms in total. The van der Waals surface area contributed by atoms with Crippen LogP contribution in [0.4, 0.5) is 0 Å². The Morgan fingerprint density at radius 2 is 0.733 bits per heavy atom. The molecule has 0 spiro atoms. The van der Waals surface area contributed by atoms with Crippen molar-refractivity contribution < 1.29 is 0 Å². The van der Waals surface area contributed by atoms with Gasteiger partial charge < -0.3 is 0 Å². The first-order valence-electron chi connectivity index (χ1n) is 4.81. The summed E-state index contributed by atoms with van der Waals surface area (Å²) in [5, 5.41) is 5.25. The molecule has 0 aliphatic rings. The molecule has 0 heterocycles. The van der Waals surface area contributed by atoms with Crippen molar-refractivity contribution in [2.45, 2.75) is 0 Å². The van der Waals surface area contributed by atoms with Crippen molar-refractivity contribution in [3.8, 4) is 0 Å². The number of hydrogen-bond acceptors (Lipinski definition) is 0. The Morgan fingerprint density at radius 3 is 1.00 bits per heavy atom. The number of benzene rings is 3. The van der Waals surface area contributed by atoms with Crippen molar-refractivity contribution in [3.05, 3.63) is 60.7 Å². The molecule has 0 amide bonds. The smallest absolute Gasteiger partial charge is 0 e. The van der Waals surface area contributed by atoms with E-state index in [1.54, 1.807) is 0 Å². The van der Waals surface area contributed by atoms with E-state index in [1.807, 2.05) is 0 Å². The molecule has 0 aromatic heterocycles. The van der Waals surface area contributed by atoms with Crippen LogP contribution in [0.5, 0.6) is 0 Å². The molecule has 3 rings (SSSR count). The van der Waals surface area contributed by atoms with Gasteiger partial charge in [-0.25, -0.2) is 0 Å². The third-order valence-electron chi connectivity index (χ3n) is 2.61. The molecule has 3 aromatic carbocycles. The quantitative estimate of drug-likeness (QED) is 0.424. The van der Waals surface area contributed by atoms with Gasteiger partial charge in [-0.3, -0.25) is 0 Å². The van der Waals surface area contributed by atoms with Crippen LogP contribution in [0.2, 0.25) is 0 Å². The largest absolute Gasteiger partial charge is 0.0616 e. The first kappa shape index (κ1) is 10.3. The Hall–Kier alpha value is -1.26. The minimum absolute atomic E-state index is 0. The number of hydrogen-bond donors (Lipinski definition) is 0. The van der Waals surface area contributed by atoms with Gasteiger partial charge in [0.05, 0.1) is 0 Å². The Kier molecular flexibility index (Phi) is 2.79. The van der Waals surface area contributed by atoms with E-state index in [0.717, 1.165) is 0 Å². The van der Waals surface area contributed by atoms with E-state index in [0.29, 0.717) is 0 Å². The van der Waals surface area contributed by atoms with Gasteiger partial charge in [0, 0.05) is 18.0 Å². The van der Waals surface area contributed by atoms with E-state index in [-0.39, 0.29) is 18.0 Å². The Bertz CT molecular complexity index is 494. The van der Waals surface area contributed by atoms with Crippen LogP contribution < -0.4 is 0 Å². The van der Waals surface area contributed by atoms with E-state index in [9.17, 15) is 0 Å². The third kappa shape index (κ3) is 1.78. The van der Waals surface area contributed by atoms with E-state index >= 15 is 0 Å². The molecule has 0 aliphatic heterocycles. The van der Waals surface area contributed by atoms with Gasteiger partial charge >= 0.3 is 0 Å². The zero-order valence-electron chi connectivity index (χ0n) is 8.22. The zero-order chi connectivity index (χ0) is 9.38. The van der Waals surface area contributed by atoms with Gasteiger partial charge in [-0.15, -0.1) is 0 Å². The maximum Gasteiger partial charge on any atom is 0 e. The average molecular weight is 253 g/mol. The fourth-order valence-corrected chi connectivity index (χ4v) is 1.88. The molecule has 0 unspecified atom stereocenters. The summed E-state index contributed by atoms with van der Waals surface area (Å²) in [5.74, 6) is 0. The fourth-order valence-electron chi connectivity index (χ4n) is 1.88. The predicted molar refractivity (Wildman–Crippen MR) is 67.2 cm³/mol. The minimum atomic E-state index is 0. The normalized spacial score (nSPS) is 10.1. The molecule has 0 bridgehead atoms. The van der Waals surface area contributed by atoms with Crippen LogP contribution in [0.3, 0.4) is 0 Å². The summed E-state index contributed by atoms with van der Waals surface area (Å²) in [6.07, 6.45) is 0. The first-order valence-corrected chi connectivity index (χ1v) is 4.81. The van der Waals surface area contributed by atoms with Gasteiger partial charge in [-0.2, -0.15) is 0 Å². The average Bonchev–Trinajstić information content (AvgIpc) is 2.26. The minimum Gasteiger partial charge on any atom is -0.0616 e. The van der Waals surface area contributed by atoms with Crippen molar-refractivity contribution in [1.82, 2.24) is 0 Å². The van der Waals surface area contributed by atoms with Crippen LogP contribution >= 0.6 is 0 Å². The van der Waals surface area contributed by atoms with Crippen molar-refractivity contribution in [2.24, 2.45) is 0 Å². The van der Waals surface area contributed by atoms with Crippen molar-refractivity contribution in [1.29, 1.82) is 0 Å². The molecule has 0 aliphatic carbocycles. The molecule has 15 heavy (non-hydrogen) atoms. The maximum absolute atomic E-state index is 2.24. The van der Waals surface area contributed by atoms with Crippen molar-refractivity contribution >= 4 is 39.5 Å². The second-order valence-corrected chi connectivity index (χ2v) is 3.55. The molecule has 0 N–H and O–H groups in total. The van der Waals surface area contributed by atoms with Crippen molar-refractivity contribution in [2.75, 3.05) is 0 Å². The molecule has 1 heteroatoms. The second kappa shape index (κ2) is 4.08. The topological polar surface area (TPSA) is 0 Å². The summed E-state index contributed by atoms with van der Waals surface area (Å²) in [6.45, 7) is 0. The van der Waals surface area contributed by atoms with Crippen LogP contribution in [-0.2, 0) is 0 Å². The van der Waals surface area contributed by atoms with Gasteiger partial charge in [0.2, 0.25) is 0 Å². The van der Waals surface area contributed by atoms with Gasteiger partial charge in [0.1, 0.15) is 0 Å². The summed E-state index contributed by atoms with van der Waals surface area (Å²) in [7, 11) is 0. The predicted octanol–water partition coefficient (Wildman–Crippen LogP) is 3.61. The molecule has 3 radical (unpaired) electrons. The first-order chi connectivity index (χ1) is 6.93.